The highest BCUT2D eigenvalue weighted by atomic mass is 35.5. The lowest BCUT2D eigenvalue weighted by atomic mass is 10.3. The van der Waals surface area contributed by atoms with Crippen molar-refractivity contribution in [3.63, 3.8) is 0 Å². The van der Waals surface area contributed by atoms with Gasteiger partial charge in [-0.2, -0.15) is 0 Å². The van der Waals surface area contributed by atoms with Crippen LogP contribution in [0.4, 0.5) is 0 Å². The number of aryl methyl sites for hydroxylation is 1. The van der Waals surface area contributed by atoms with Crippen LogP contribution >= 0.6 is 23.4 Å². The number of fused-ring (bicyclic) bond motifs is 1. The fourth-order valence-electron chi connectivity index (χ4n) is 2.43. The molecule has 3 aromatic rings. The van der Waals surface area contributed by atoms with Crippen molar-refractivity contribution < 1.29 is 4.74 Å². The molecule has 0 atom stereocenters. The Morgan fingerprint density at radius 2 is 2.17 bits per heavy atom. The normalized spacial score (nSPS) is 11.5. The van der Waals surface area contributed by atoms with E-state index in [-0.39, 0.29) is 0 Å². The van der Waals surface area contributed by atoms with Gasteiger partial charge in [0.1, 0.15) is 0 Å². The fourth-order valence-corrected chi connectivity index (χ4v) is 3.57. The average Bonchev–Trinajstić information content (AvgIpc) is 3.15. The summed E-state index contributed by atoms with van der Waals surface area (Å²) in [6.07, 6.45) is 0.994. The first-order valence-electron chi connectivity index (χ1n) is 7.75. The Kier molecular flexibility index (Phi) is 5.70. The first kappa shape index (κ1) is 17.2. The summed E-state index contributed by atoms with van der Waals surface area (Å²) in [7, 11) is 1.70. The van der Waals surface area contributed by atoms with Crippen LogP contribution < -0.4 is 0 Å². The summed E-state index contributed by atoms with van der Waals surface area (Å²) in [5, 5.41) is 13.5. The Bertz CT molecular complexity index is 818. The minimum Gasteiger partial charge on any atom is -0.383 e. The van der Waals surface area contributed by atoms with E-state index in [9.17, 15) is 0 Å². The van der Waals surface area contributed by atoms with Crippen LogP contribution in [0.25, 0.3) is 11.0 Å². The third-order valence-electron chi connectivity index (χ3n) is 3.57. The van der Waals surface area contributed by atoms with E-state index in [4.69, 9.17) is 21.3 Å². The number of tetrazole rings is 1. The molecule has 9 heteroatoms. The molecule has 0 unspecified atom stereocenters. The molecule has 3 rings (SSSR count). The van der Waals surface area contributed by atoms with Crippen LogP contribution in [0.5, 0.6) is 0 Å². The maximum Gasteiger partial charge on any atom is 0.169 e. The number of hydrogen-bond acceptors (Lipinski definition) is 6. The van der Waals surface area contributed by atoms with Crippen LogP contribution in [0.3, 0.4) is 0 Å². The van der Waals surface area contributed by atoms with Gasteiger partial charge in [-0.3, -0.25) is 0 Å². The van der Waals surface area contributed by atoms with E-state index in [0.29, 0.717) is 17.4 Å². The second kappa shape index (κ2) is 7.96. The van der Waals surface area contributed by atoms with Gasteiger partial charge in [0, 0.05) is 25.2 Å². The number of thioether (sulfide) groups is 1. The summed E-state index contributed by atoms with van der Waals surface area (Å²) in [5.41, 5.74) is 1.93. The number of methoxy groups -OCH3 is 1. The van der Waals surface area contributed by atoms with Gasteiger partial charge in [-0.05, 0) is 35.0 Å². The van der Waals surface area contributed by atoms with Crippen molar-refractivity contribution in [2.75, 3.05) is 13.7 Å². The van der Waals surface area contributed by atoms with Gasteiger partial charge in [0.15, 0.2) is 11.0 Å². The number of halogens is 1. The van der Waals surface area contributed by atoms with Gasteiger partial charge in [0.2, 0.25) is 0 Å². The molecule has 1 aromatic carbocycles. The van der Waals surface area contributed by atoms with Gasteiger partial charge in [0.05, 0.1) is 23.4 Å². The predicted molar refractivity (Wildman–Crippen MR) is 94.3 cm³/mol. The molecule has 0 saturated carbocycles. The lowest BCUT2D eigenvalue weighted by Crippen LogP contribution is -2.07. The third-order valence-corrected chi connectivity index (χ3v) is 4.77. The summed E-state index contributed by atoms with van der Waals surface area (Å²) in [6, 6.07) is 5.75. The van der Waals surface area contributed by atoms with Crippen LogP contribution in [0, 0.1) is 0 Å². The minimum atomic E-state index is 0.620. The highest BCUT2D eigenvalue weighted by molar-refractivity contribution is 7.98. The van der Waals surface area contributed by atoms with E-state index in [2.05, 4.69) is 27.0 Å². The number of rotatable bonds is 8. The van der Waals surface area contributed by atoms with Crippen molar-refractivity contribution in [2.45, 2.75) is 37.3 Å². The quantitative estimate of drug-likeness (QED) is 0.571. The molecule has 2 aromatic heterocycles. The number of nitrogens with zero attached hydrogens (tertiary/aromatic N) is 6. The number of ether oxygens (including phenoxy) is 1. The summed E-state index contributed by atoms with van der Waals surface area (Å²) in [5.74, 6) is 1.52. The largest absolute Gasteiger partial charge is 0.383 e. The molecule has 0 aliphatic carbocycles. The topological polar surface area (TPSA) is 70.7 Å². The molecule has 0 bridgehead atoms. The number of hydrogen-bond donors (Lipinski definition) is 0. The van der Waals surface area contributed by atoms with E-state index in [1.165, 1.54) is 0 Å². The molecule has 128 valence electrons. The summed E-state index contributed by atoms with van der Waals surface area (Å²) in [4.78, 5) is 4.71. The van der Waals surface area contributed by atoms with Gasteiger partial charge < -0.3 is 9.30 Å². The van der Waals surface area contributed by atoms with Crippen molar-refractivity contribution >= 4 is 34.4 Å². The van der Waals surface area contributed by atoms with Crippen LogP contribution in [0.15, 0.2) is 23.4 Å². The van der Waals surface area contributed by atoms with Crippen molar-refractivity contribution in [3.05, 3.63) is 29.0 Å². The zero-order chi connectivity index (χ0) is 16.9. The van der Waals surface area contributed by atoms with Crippen LogP contribution in [0.1, 0.15) is 19.2 Å². The Morgan fingerprint density at radius 3 is 2.96 bits per heavy atom. The Labute approximate surface area is 149 Å². The second-order valence-electron chi connectivity index (χ2n) is 5.28. The molecule has 0 N–H and O–H groups in total. The van der Waals surface area contributed by atoms with E-state index in [0.717, 1.165) is 41.5 Å². The van der Waals surface area contributed by atoms with Crippen molar-refractivity contribution in [1.82, 2.24) is 29.8 Å². The van der Waals surface area contributed by atoms with E-state index < -0.39 is 0 Å². The predicted octanol–water partition coefficient (Wildman–Crippen LogP) is 3.02. The molecular formula is C15H19ClN6OS. The van der Waals surface area contributed by atoms with Gasteiger partial charge in [-0.15, -0.1) is 5.10 Å². The molecule has 0 aliphatic heterocycles. The zero-order valence-electron chi connectivity index (χ0n) is 13.6. The maximum atomic E-state index is 6.09. The molecule has 0 spiro atoms. The molecule has 0 saturated heterocycles. The summed E-state index contributed by atoms with van der Waals surface area (Å²) >= 11 is 7.70. The lowest BCUT2D eigenvalue weighted by Gasteiger charge is -2.08. The van der Waals surface area contributed by atoms with Gasteiger partial charge in [-0.25, -0.2) is 9.67 Å². The highest BCUT2D eigenvalue weighted by Gasteiger charge is 2.14. The minimum absolute atomic E-state index is 0.620. The van der Waals surface area contributed by atoms with Crippen LogP contribution in [-0.2, 0) is 23.6 Å². The molecule has 24 heavy (non-hydrogen) atoms. The summed E-state index contributed by atoms with van der Waals surface area (Å²) in [6.45, 7) is 4.27. The van der Waals surface area contributed by atoms with Crippen LogP contribution in [-0.4, -0.2) is 43.5 Å². The SMILES string of the molecule is CCCn1nnnc1CSc1nc2cc(Cl)ccc2n1CCOC. The molecule has 0 amide bonds. The first-order valence-corrected chi connectivity index (χ1v) is 9.12. The zero-order valence-corrected chi connectivity index (χ0v) is 15.2. The molecular weight excluding hydrogens is 348 g/mol. The number of benzene rings is 1. The Morgan fingerprint density at radius 1 is 1.29 bits per heavy atom. The maximum absolute atomic E-state index is 6.09. The first-order chi connectivity index (χ1) is 11.7. The monoisotopic (exact) mass is 366 g/mol. The Balaban J connectivity index is 1.85. The lowest BCUT2D eigenvalue weighted by molar-refractivity contribution is 0.186. The molecule has 2 heterocycles. The summed E-state index contributed by atoms with van der Waals surface area (Å²) < 4.78 is 9.21. The van der Waals surface area contributed by atoms with Gasteiger partial charge in [0.25, 0.3) is 0 Å². The molecule has 0 aliphatic rings. The van der Waals surface area contributed by atoms with Crippen LogP contribution in [0.2, 0.25) is 5.02 Å². The average molecular weight is 367 g/mol. The highest BCUT2D eigenvalue weighted by Crippen LogP contribution is 2.28. The van der Waals surface area contributed by atoms with Gasteiger partial charge >= 0.3 is 0 Å². The fraction of sp³-hybridized carbons (Fsp3) is 0.467. The second-order valence-corrected chi connectivity index (χ2v) is 6.66. The smallest absolute Gasteiger partial charge is 0.169 e. The molecule has 7 nitrogen and oxygen atoms in total. The van der Waals surface area contributed by atoms with Crippen molar-refractivity contribution in [3.8, 4) is 0 Å². The van der Waals surface area contributed by atoms with Crippen molar-refractivity contribution in [2.24, 2.45) is 0 Å². The standard InChI is InChI=1S/C15H19ClN6OS/c1-3-6-22-14(18-19-20-22)10-24-15-17-12-9-11(16)4-5-13(12)21(15)7-8-23-2/h4-5,9H,3,6-8,10H2,1-2H3. The van der Waals surface area contributed by atoms with Crippen molar-refractivity contribution in [1.29, 1.82) is 0 Å². The van der Waals surface area contributed by atoms with E-state index >= 15 is 0 Å². The number of imidazole rings is 1. The van der Waals surface area contributed by atoms with E-state index in [1.54, 1.807) is 18.9 Å². The molecule has 0 fully saturated rings. The molecule has 0 radical (unpaired) electrons. The van der Waals surface area contributed by atoms with Gasteiger partial charge in [-0.1, -0.05) is 30.3 Å². The van der Waals surface area contributed by atoms with E-state index in [1.807, 2.05) is 22.9 Å². The number of aromatic nitrogens is 6. The Hall–Kier alpha value is -1.64. The third kappa shape index (κ3) is 3.71.